The first-order chi connectivity index (χ1) is 26.1. The van der Waals surface area contributed by atoms with E-state index in [0.717, 1.165) is 57.9 Å². The molecule has 3 aromatic heterocycles. The van der Waals surface area contributed by atoms with Crippen molar-refractivity contribution < 1.29 is 19.1 Å². The topological polar surface area (TPSA) is 100.0 Å². The minimum absolute atomic E-state index is 0.336. The highest BCUT2D eigenvalue weighted by molar-refractivity contribution is 6.48. The number of hydrogen-bond donors (Lipinski definition) is 3. The predicted octanol–water partition coefficient (Wildman–Crippen LogP) is 11.7. The number of carbonyl (C=O) groups is 2. The van der Waals surface area contributed by atoms with Crippen LogP contribution in [-0.4, -0.2) is 38.1 Å². The molecule has 0 aliphatic heterocycles. The fraction of sp³-hybridized carbons (Fsp3) is 0.333. The molecule has 6 aromatic carbocycles. The van der Waals surface area contributed by atoms with Crippen LogP contribution in [0.3, 0.4) is 0 Å². The second kappa shape index (κ2) is 12.0. The van der Waals surface area contributed by atoms with E-state index >= 15 is 0 Å². The Balaban J connectivity index is 1.31. The van der Waals surface area contributed by atoms with Crippen molar-refractivity contribution in [1.29, 1.82) is 0 Å². The van der Waals surface area contributed by atoms with E-state index in [1.54, 1.807) is 0 Å². The summed E-state index contributed by atoms with van der Waals surface area (Å²) in [7, 11) is 0. The molecule has 3 N–H and O–H groups in total. The summed E-state index contributed by atoms with van der Waals surface area (Å²) in [6.45, 7) is 19.7. The fourth-order valence-electron chi connectivity index (χ4n) is 9.53. The van der Waals surface area contributed by atoms with Gasteiger partial charge in [0.15, 0.2) is 0 Å². The van der Waals surface area contributed by atoms with E-state index in [0.29, 0.717) is 24.2 Å². The summed E-state index contributed by atoms with van der Waals surface area (Å²) in [5, 5.41) is 15.2. The van der Waals surface area contributed by atoms with Gasteiger partial charge in [-0.1, -0.05) is 62.4 Å². The molecule has 0 saturated carbocycles. The van der Waals surface area contributed by atoms with Crippen molar-refractivity contribution in [3.05, 3.63) is 105 Å². The average molecular weight is 732 g/mol. The predicted molar refractivity (Wildman–Crippen MR) is 225 cm³/mol. The molecule has 0 fully saturated rings. The molecule has 0 amide bonds. The van der Waals surface area contributed by atoms with Gasteiger partial charge in [0, 0.05) is 46.4 Å². The fourth-order valence-corrected chi connectivity index (χ4v) is 9.53. The number of aromatic nitrogens is 3. The van der Waals surface area contributed by atoms with Gasteiger partial charge in [-0.05, 0) is 144 Å². The largest absolute Gasteiger partial charge is 0.455 e. The van der Waals surface area contributed by atoms with Crippen molar-refractivity contribution in [2.24, 2.45) is 0 Å². The monoisotopic (exact) mass is 731 g/mol. The van der Waals surface area contributed by atoms with Gasteiger partial charge < -0.3 is 24.4 Å². The lowest BCUT2D eigenvalue weighted by Crippen LogP contribution is -2.24. The van der Waals surface area contributed by atoms with Gasteiger partial charge in [0.25, 0.3) is 0 Å². The van der Waals surface area contributed by atoms with Crippen LogP contribution in [-0.2, 0) is 35.2 Å². The van der Waals surface area contributed by atoms with Crippen LogP contribution in [0.2, 0.25) is 0 Å². The number of nitrogens with one attached hydrogen (secondary N) is 3. The third-order valence-corrected chi connectivity index (χ3v) is 11.6. The summed E-state index contributed by atoms with van der Waals surface area (Å²) in [4.78, 5) is 38.0. The van der Waals surface area contributed by atoms with Crippen molar-refractivity contribution in [3.63, 3.8) is 0 Å². The number of hydrogen-bond acceptors (Lipinski definition) is 4. The third kappa shape index (κ3) is 5.30. The number of fused-ring (bicyclic) bond motifs is 3. The first-order valence-electron chi connectivity index (χ1n) is 19.7. The smallest absolute Gasteiger partial charge is 0.355 e. The summed E-state index contributed by atoms with van der Waals surface area (Å²) in [5.41, 5.74) is 8.17. The van der Waals surface area contributed by atoms with Gasteiger partial charge in [-0.15, -0.1) is 0 Å². The van der Waals surface area contributed by atoms with Crippen LogP contribution in [0.4, 0.5) is 0 Å². The molecule has 0 saturated heterocycles. The highest BCUT2D eigenvalue weighted by Crippen LogP contribution is 2.52. The molecule has 3 heterocycles. The maximum absolute atomic E-state index is 13.5. The van der Waals surface area contributed by atoms with Crippen LogP contribution >= 0.6 is 0 Å². The van der Waals surface area contributed by atoms with Gasteiger partial charge in [0.05, 0.1) is 0 Å². The summed E-state index contributed by atoms with van der Waals surface area (Å²) >= 11 is 0. The lowest BCUT2D eigenvalue weighted by atomic mass is 9.91. The zero-order chi connectivity index (χ0) is 38.9. The summed E-state index contributed by atoms with van der Waals surface area (Å²) in [5.74, 6) is -0.671. The molecular weight excluding hydrogens is 683 g/mol. The van der Waals surface area contributed by atoms with E-state index in [1.165, 1.54) is 64.6 Å². The number of aromatic amines is 3. The van der Waals surface area contributed by atoms with Gasteiger partial charge in [-0.25, -0.2) is 9.59 Å². The highest BCUT2D eigenvalue weighted by Gasteiger charge is 2.30. The number of benzene rings is 5. The van der Waals surface area contributed by atoms with Crippen LogP contribution < -0.4 is 0 Å². The molecule has 7 heteroatoms. The van der Waals surface area contributed by atoms with Crippen molar-refractivity contribution >= 4 is 76.6 Å². The molecule has 0 unspecified atom stereocenters. The van der Waals surface area contributed by atoms with Crippen LogP contribution in [0.25, 0.3) is 64.6 Å². The molecule has 9 rings (SSSR count). The molecule has 55 heavy (non-hydrogen) atoms. The maximum Gasteiger partial charge on any atom is 0.355 e. The summed E-state index contributed by atoms with van der Waals surface area (Å²) in [6.07, 6.45) is 2.71. The Hall–Kier alpha value is -5.56. The Morgan fingerprint density at radius 2 is 0.836 bits per heavy atom. The zero-order valence-corrected chi connectivity index (χ0v) is 33.6. The van der Waals surface area contributed by atoms with Crippen LogP contribution in [0.1, 0.15) is 121 Å². The normalized spacial score (nSPS) is 13.0. The number of esters is 2. The Morgan fingerprint density at radius 3 is 1.18 bits per heavy atom. The molecule has 0 spiro atoms. The van der Waals surface area contributed by atoms with E-state index in [9.17, 15) is 9.59 Å². The number of ether oxygens (including phenoxy) is 2. The molecule has 0 atom stereocenters. The van der Waals surface area contributed by atoms with Gasteiger partial charge in [-0.2, -0.15) is 0 Å². The highest BCUT2D eigenvalue weighted by atomic mass is 16.6. The third-order valence-electron chi connectivity index (χ3n) is 11.6. The second-order valence-corrected chi connectivity index (χ2v) is 17.5. The SMILES string of the molecule is CCc1c(Cc2[nH]c(Cc3[nH]c(C(=O)OC(C)(C)C)c(C)c3CC)c3c4ccc5ccc6ccc7ccc(c23)c2c7c6c5c42)[nH]c(C(=O)OC(C)(C)C)c1C. The average Bonchev–Trinajstić information content (AvgIpc) is 3.85. The Labute approximate surface area is 320 Å². The van der Waals surface area contributed by atoms with Crippen molar-refractivity contribution in [2.75, 3.05) is 0 Å². The van der Waals surface area contributed by atoms with Crippen molar-refractivity contribution in [3.8, 4) is 0 Å². The van der Waals surface area contributed by atoms with Crippen LogP contribution in [0, 0.1) is 13.8 Å². The van der Waals surface area contributed by atoms with E-state index in [1.807, 2.05) is 55.4 Å². The van der Waals surface area contributed by atoms with E-state index in [4.69, 9.17) is 9.47 Å². The Bertz CT molecular complexity index is 2780. The zero-order valence-electron chi connectivity index (χ0n) is 33.6. The Kier molecular flexibility index (Phi) is 7.65. The molecular formula is C48H49N3O4. The van der Waals surface area contributed by atoms with Gasteiger partial charge >= 0.3 is 11.9 Å². The van der Waals surface area contributed by atoms with E-state index in [-0.39, 0.29) is 11.9 Å². The standard InChI is InChI=1S/C48H49N3O4/c1-11-28-23(3)43(45(52)54-47(5,6)7)50-32(28)21-34-39-30-19-17-26-15-13-25-14-16-27-18-20-31(42-38(27)36(25)37(26)41(30)42)40(39)35(49-34)22-33-29(12-2)24(4)44(51-33)46(53)55-48(8,9)10/h13-20,49-51H,11-12,21-22H2,1-10H3. The lowest BCUT2D eigenvalue weighted by molar-refractivity contribution is 0.00501. The van der Waals surface area contributed by atoms with Crippen LogP contribution in [0.5, 0.6) is 0 Å². The quantitative estimate of drug-likeness (QED) is 0.107. The van der Waals surface area contributed by atoms with Crippen molar-refractivity contribution in [1.82, 2.24) is 15.0 Å². The number of H-pyrrole nitrogens is 3. The molecule has 9 aromatic rings. The molecule has 0 aliphatic carbocycles. The summed E-state index contributed by atoms with van der Waals surface area (Å²) in [6, 6.07) is 18.2. The molecule has 7 nitrogen and oxygen atoms in total. The van der Waals surface area contributed by atoms with E-state index in [2.05, 4.69) is 77.3 Å². The number of carbonyl (C=O) groups excluding carboxylic acids is 2. The van der Waals surface area contributed by atoms with Crippen LogP contribution in [0.15, 0.2) is 48.5 Å². The molecule has 0 radical (unpaired) electrons. The first kappa shape index (κ1) is 35.2. The summed E-state index contributed by atoms with van der Waals surface area (Å²) < 4.78 is 11.7. The minimum Gasteiger partial charge on any atom is -0.455 e. The maximum atomic E-state index is 13.5. The molecule has 0 bridgehead atoms. The van der Waals surface area contributed by atoms with Gasteiger partial charge in [0.2, 0.25) is 0 Å². The molecule has 280 valence electrons. The number of rotatable bonds is 8. The lowest BCUT2D eigenvalue weighted by Gasteiger charge is -2.19. The Morgan fingerprint density at radius 1 is 0.491 bits per heavy atom. The molecule has 0 aliphatic rings. The van der Waals surface area contributed by atoms with E-state index < -0.39 is 11.2 Å². The second-order valence-electron chi connectivity index (χ2n) is 17.5. The van der Waals surface area contributed by atoms with Gasteiger partial charge in [0.1, 0.15) is 22.6 Å². The first-order valence-corrected chi connectivity index (χ1v) is 19.7. The minimum atomic E-state index is -0.605. The van der Waals surface area contributed by atoms with Crippen molar-refractivity contribution in [2.45, 2.75) is 106 Å². The van der Waals surface area contributed by atoms with Gasteiger partial charge in [-0.3, -0.25) is 0 Å².